The van der Waals surface area contributed by atoms with Crippen LogP contribution in [0.2, 0.25) is 0 Å². The highest BCUT2D eigenvalue weighted by molar-refractivity contribution is 5.95. The summed E-state index contributed by atoms with van der Waals surface area (Å²) in [7, 11) is 0. The molecule has 132 valence electrons. The normalized spacial score (nSPS) is 10.8. The number of aromatic amines is 1. The molecule has 6 nitrogen and oxygen atoms in total. The summed E-state index contributed by atoms with van der Waals surface area (Å²) >= 11 is 0. The van der Waals surface area contributed by atoms with Gasteiger partial charge < -0.3 is 24.3 Å². The van der Waals surface area contributed by atoms with Crippen molar-refractivity contribution >= 4 is 16.9 Å². The lowest BCUT2D eigenvalue weighted by molar-refractivity contribution is -0.137. The van der Waals surface area contributed by atoms with Crippen LogP contribution in [0, 0.1) is 0 Å². The Morgan fingerprint density at radius 3 is 2.33 bits per heavy atom. The van der Waals surface area contributed by atoms with Gasteiger partial charge >= 0.3 is 5.97 Å². The number of carboxylic acid groups (broad SMARTS) is 1. The number of aromatic nitrogens is 1. The minimum Gasteiger partial charge on any atom is -0.491 e. The maximum atomic E-state index is 10.8. The Bertz CT molecular complexity index is 692. The van der Waals surface area contributed by atoms with Crippen LogP contribution in [0.4, 0.5) is 0 Å². The van der Waals surface area contributed by atoms with Gasteiger partial charge in [-0.3, -0.25) is 4.79 Å². The van der Waals surface area contributed by atoms with E-state index in [4.69, 9.17) is 19.3 Å². The van der Waals surface area contributed by atoms with Crippen molar-refractivity contribution in [2.24, 2.45) is 0 Å². The van der Waals surface area contributed by atoms with E-state index in [-0.39, 0.29) is 6.42 Å². The number of carbonyl (C=O) groups is 1. The van der Waals surface area contributed by atoms with Crippen molar-refractivity contribution in [3.8, 4) is 17.2 Å². The van der Waals surface area contributed by atoms with Gasteiger partial charge in [-0.2, -0.15) is 0 Å². The molecule has 1 aromatic heterocycles. The molecular weight excluding hydrogens is 310 g/mol. The van der Waals surface area contributed by atoms with E-state index in [2.05, 4.69) is 4.98 Å². The lowest BCUT2D eigenvalue weighted by Crippen LogP contribution is -2.01. The summed E-state index contributed by atoms with van der Waals surface area (Å²) in [6, 6.07) is 3.82. The minimum absolute atomic E-state index is 0.128. The molecule has 0 amide bonds. The van der Waals surface area contributed by atoms with Gasteiger partial charge in [-0.1, -0.05) is 0 Å². The maximum absolute atomic E-state index is 10.8. The number of nitrogens with one attached hydrogen (secondary N) is 1. The van der Waals surface area contributed by atoms with E-state index in [1.165, 1.54) is 0 Å². The fraction of sp³-hybridized carbons (Fsp3) is 0.500. The van der Waals surface area contributed by atoms with Gasteiger partial charge in [0.05, 0.1) is 36.4 Å². The van der Waals surface area contributed by atoms with Crippen LogP contribution in [0.1, 0.15) is 39.3 Å². The molecule has 24 heavy (non-hydrogen) atoms. The van der Waals surface area contributed by atoms with Gasteiger partial charge in [0.25, 0.3) is 0 Å². The van der Waals surface area contributed by atoms with Crippen molar-refractivity contribution in [1.82, 2.24) is 4.98 Å². The standard InChI is InChI=1S/C18H25NO5/c1-4-22-14-11-10-12-16(18(14)24-6-3)17(23-5-2)13(19-12)8-7-9-15(20)21/h10-11,19H,4-9H2,1-3H3,(H,20,21). The van der Waals surface area contributed by atoms with Crippen LogP contribution in [0.15, 0.2) is 12.1 Å². The molecular formula is C18H25NO5. The molecule has 1 aromatic carbocycles. The molecule has 0 fully saturated rings. The van der Waals surface area contributed by atoms with Crippen molar-refractivity contribution < 1.29 is 24.1 Å². The van der Waals surface area contributed by atoms with E-state index < -0.39 is 5.97 Å². The Morgan fingerprint density at radius 1 is 1.04 bits per heavy atom. The van der Waals surface area contributed by atoms with Crippen LogP contribution >= 0.6 is 0 Å². The van der Waals surface area contributed by atoms with Crippen LogP contribution in [0.5, 0.6) is 17.2 Å². The fourth-order valence-electron chi connectivity index (χ4n) is 2.72. The molecule has 2 aromatic rings. The van der Waals surface area contributed by atoms with E-state index >= 15 is 0 Å². The number of aliphatic carboxylic acids is 1. The number of H-pyrrole nitrogens is 1. The van der Waals surface area contributed by atoms with E-state index in [1.807, 2.05) is 32.9 Å². The van der Waals surface area contributed by atoms with Crippen LogP contribution in [-0.4, -0.2) is 35.9 Å². The zero-order chi connectivity index (χ0) is 17.5. The highest BCUT2D eigenvalue weighted by atomic mass is 16.5. The third-order valence-corrected chi connectivity index (χ3v) is 3.60. The van der Waals surface area contributed by atoms with E-state index in [0.29, 0.717) is 44.2 Å². The van der Waals surface area contributed by atoms with Gasteiger partial charge in [-0.05, 0) is 45.7 Å². The predicted octanol–water partition coefficient (Wildman–Crippen LogP) is 3.77. The zero-order valence-corrected chi connectivity index (χ0v) is 14.5. The average molecular weight is 335 g/mol. The second-order valence-corrected chi connectivity index (χ2v) is 5.29. The Hall–Kier alpha value is -2.37. The van der Waals surface area contributed by atoms with Crippen molar-refractivity contribution in [2.45, 2.75) is 40.0 Å². The van der Waals surface area contributed by atoms with E-state index in [9.17, 15) is 4.79 Å². The van der Waals surface area contributed by atoms with Gasteiger partial charge in [0.1, 0.15) is 0 Å². The Kier molecular flexibility index (Phi) is 6.35. The van der Waals surface area contributed by atoms with Crippen LogP contribution < -0.4 is 14.2 Å². The first-order valence-electron chi connectivity index (χ1n) is 8.40. The van der Waals surface area contributed by atoms with Gasteiger partial charge in [-0.25, -0.2) is 0 Å². The molecule has 0 atom stereocenters. The summed E-state index contributed by atoms with van der Waals surface area (Å²) in [4.78, 5) is 14.1. The molecule has 0 bridgehead atoms. The molecule has 1 heterocycles. The smallest absolute Gasteiger partial charge is 0.303 e. The summed E-state index contributed by atoms with van der Waals surface area (Å²) < 4.78 is 17.4. The Morgan fingerprint density at radius 2 is 1.71 bits per heavy atom. The molecule has 0 aliphatic carbocycles. The first-order chi connectivity index (χ1) is 11.6. The Balaban J connectivity index is 2.49. The van der Waals surface area contributed by atoms with Gasteiger partial charge in [-0.15, -0.1) is 0 Å². The largest absolute Gasteiger partial charge is 0.491 e. The van der Waals surface area contributed by atoms with E-state index in [1.54, 1.807) is 0 Å². The van der Waals surface area contributed by atoms with Gasteiger partial charge in [0.2, 0.25) is 0 Å². The monoisotopic (exact) mass is 335 g/mol. The number of ether oxygens (including phenoxy) is 3. The van der Waals surface area contributed by atoms with Crippen molar-refractivity contribution in [2.75, 3.05) is 19.8 Å². The number of hydrogen-bond acceptors (Lipinski definition) is 4. The number of rotatable bonds is 10. The summed E-state index contributed by atoms with van der Waals surface area (Å²) in [6.45, 7) is 7.36. The molecule has 0 aliphatic heterocycles. The summed E-state index contributed by atoms with van der Waals surface area (Å²) in [5, 5.41) is 9.69. The molecule has 0 saturated heterocycles. The zero-order valence-electron chi connectivity index (χ0n) is 14.5. The molecule has 2 N–H and O–H groups in total. The van der Waals surface area contributed by atoms with E-state index in [0.717, 1.165) is 22.3 Å². The van der Waals surface area contributed by atoms with Crippen LogP contribution in [0.25, 0.3) is 10.9 Å². The number of fused-ring (bicyclic) bond motifs is 1. The highest BCUT2D eigenvalue weighted by Gasteiger charge is 2.20. The molecule has 0 spiro atoms. The molecule has 0 aliphatic rings. The van der Waals surface area contributed by atoms with Gasteiger partial charge in [0, 0.05) is 6.42 Å². The first-order valence-corrected chi connectivity index (χ1v) is 8.40. The third-order valence-electron chi connectivity index (χ3n) is 3.60. The number of aryl methyl sites for hydroxylation is 1. The van der Waals surface area contributed by atoms with Crippen molar-refractivity contribution in [3.63, 3.8) is 0 Å². The molecule has 0 unspecified atom stereocenters. The lowest BCUT2D eigenvalue weighted by atomic mass is 10.1. The third kappa shape index (κ3) is 3.93. The number of benzene rings is 1. The SMILES string of the molecule is CCOc1ccc2[nH]c(CCCC(=O)O)c(OCC)c2c1OCC. The number of carboxylic acids is 1. The quantitative estimate of drug-likeness (QED) is 0.691. The number of hydrogen-bond donors (Lipinski definition) is 2. The van der Waals surface area contributed by atoms with Crippen LogP contribution in [-0.2, 0) is 11.2 Å². The second kappa shape index (κ2) is 8.47. The highest BCUT2D eigenvalue weighted by Crippen LogP contribution is 2.43. The molecule has 6 heteroatoms. The fourth-order valence-corrected chi connectivity index (χ4v) is 2.72. The average Bonchev–Trinajstić information content (AvgIpc) is 2.88. The van der Waals surface area contributed by atoms with Gasteiger partial charge in [0.15, 0.2) is 17.2 Å². The molecule has 0 saturated carbocycles. The lowest BCUT2D eigenvalue weighted by Gasteiger charge is -2.13. The summed E-state index contributed by atoms with van der Waals surface area (Å²) in [5.74, 6) is 1.28. The predicted molar refractivity (Wildman–Crippen MR) is 92.4 cm³/mol. The topological polar surface area (TPSA) is 80.8 Å². The Labute approximate surface area is 141 Å². The summed E-state index contributed by atoms with van der Waals surface area (Å²) in [5.41, 5.74) is 1.79. The van der Waals surface area contributed by atoms with Crippen molar-refractivity contribution in [3.05, 3.63) is 17.8 Å². The molecule has 0 radical (unpaired) electrons. The maximum Gasteiger partial charge on any atom is 0.303 e. The van der Waals surface area contributed by atoms with Crippen molar-refractivity contribution in [1.29, 1.82) is 0 Å². The summed E-state index contributed by atoms with van der Waals surface area (Å²) in [6.07, 6.45) is 1.28. The first kappa shape index (κ1) is 18.0. The molecule has 2 rings (SSSR count). The van der Waals surface area contributed by atoms with Crippen LogP contribution in [0.3, 0.4) is 0 Å². The second-order valence-electron chi connectivity index (χ2n) is 5.29. The minimum atomic E-state index is -0.794.